The van der Waals surface area contributed by atoms with Crippen LogP contribution in [0.3, 0.4) is 0 Å². The fraction of sp³-hybridized carbons (Fsp3) is 0.600. The largest absolute Gasteiger partial charge is 0.366 e. The topological polar surface area (TPSA) is 18.5 Å². The summed E-state index contributed by atoms with van der Waals surface area (Å²) in [7, 11) is 2.19. The normalized spacial score (nSPS) is 20.8. The molecule has 4 heteroatoms. The Morgan fingerprint density at radius 1 is 1.37 bits per heavy atom. The van der Waals surface area contributed by atoms with Crippen LogP contribution in [0.5, 0.6) is 0 Å². The Morgan fingerprint density at radius 2 is 2.16 bits per heavy atom. The van der Waals surface area contributed by atoms with Crippen molar-refractivity contribution in [3.05, 3.63) is 28.8 Å². The van der Waals surface area contributed by atoms with Crippen LogP contribution in [0.15, 0.2) is 18.2 Å². The van der Waals surface area contributed by atoms with Crippen molar-refractivity contribution in [3.63, 3.8) is 0 Å². The number of hydrogen-bond acceptors (Lipinski definition) is 3. The highest BCUT2D eigenvalue weighted by Crippen LogP contribution is 2.30. The van der Waals surface area contributed by atoms with Crippen LogP contribution in [0.4, 0.5) is 5.69 Å². The highest BCUT2D eigenvalue weighted by atomic mass is 35.5. The smallest absolute Gasteiger partial charge is 0.0471 e. The number of rotatable bonds is 4. The first kappa shape index (κ1) is 14.6. The third-order valence-electron chi connectivity index (χ3n) is 3.79. The van der Waals surface area contributed by atoms with E-state index in [1.54, 1.807) is 0 Å². The van der Waals surface area contributed by atoms with Crippen LogP contribution in [-0.4, -0.2) is 44.2 Å². The third kappa shape index (κ3) is 3.41. The van der Waals surface area contributed by atoms with Gasteiger partial charge in [0, 0.05) is 48.5 Å². The molecule has 0 aromatic heterocycles. The van der Waals surface area contributed by atoms with Gasteiger partial charge in [-0.1, -0.05) is 24.6 Å². The van der Waals surface area contributed by atoms with E-state index in [9.17, 15) is 0 Å². The monoisotopic (exact) mass is 281 g/mol. The Hall–Kier alpha value is -0.770. The predicted octanol–water partition coefficient (Wildman–Crippen LogP) is 2.59. The fourth-order valence-electron chi connectivity index (χ4n) is 2.74. The molecule has 106 valence electrons. The maximum Gasteiger partial charge on any atom is 0.0471 e. The summed E-state index contributed by atoms with van der Waals surface area (Å²) in [6.07, 6.45) is 0. The van der Waals surface area contributed by atoms with Crippen molar-refractivity contribution in [3.8, 4) is 0 Å². The molecule has 0 spiro atoms. The van der Waals surface area contributed by atoms with E-state index >= 15 is 0 Å². The van der Waals surface area contributed by atoms with Crippen LogP contribution in [0, 0.1) is 0 Å². The maximum absolute atomic E-state index is 6.38. The van der Waals surface area contributed by atoms with E-state index in [-0.39, 0.29) is 0 Å². The van der Waals surface area contributed by atoms with Crippen molar-refractivity contribution in [2.45, 2.75) is 26.4 Å². The van der Waals surface area contributed by atoms with Crippen molar-refractivity contribution in [1.82, 2.24) is 10.2 Å². The quantitative estimate of drug-likeness (QED) is 0.915. The van der Waals surface area contributed by atoms with Crippen molar-refractivity contribution in [1.29, 1.82) is 0 Å². The summed E-state index contributed by atoms with van der Waals surface area (Å²) in [5, 5.41) is 4.25. The zero-order chi connectivity index (χ0) is 13.8. The van der Waals surface area contributed by atoms with Crippen molar-refractivity contribution < 1.29 is 0 Å². The van der Waals surface area contributed by atoms with Crippen molar-refractivity contribution in [2.24, 2.45) is 0 Å². The fourth-order valence-corrected chi connectivity index (χ4v) is 2.98. The molecular formula is C15H24ClN3. The SMILES string of the molecule is CCNCc1c(Cl)cccc1N1CCN(C)CC1C. The van der Waals surface area contributed by atoms with E-state index in [2.05, 4.69) is 48.1 Å². The van der Waals surface area contributed by atoms with E-state index in [4.69, 9.17) is 11.6 Å². The van der Waals surface area contributed by atoms with Gasteiger partial charge in [-0.05, 0) is 32.6 Å². The Kier molecular flexibility index (Phi) is 5.08. The first-order valence-corrected chi connectivity index (χ1v) is 7.44. The molecule has 1 aromatic rings. The number of nitrogens with one attached hydrogen (secondary N) is 1. The predicted molar refractivity (Wildman–Crippen MR) is 83.1 cm³/mol. The average Bonchev–Trinajstić information content (AvgIpc) is 2.37. The zero-order valence-electron chi connectivity index (χ0n) is 12.1. The number of benzene rings is 1. The van der Waals surface area contributed by atoms with Crippen LogP contribution in [0.25, 0.3) is 0 Å². The van der Waals surface area contributed by atoms with Crippen molar-refractivity contribution in [2.75, 3.05) is 38.1 Å². The van der Waals surface area contributed by atoms with Crippen molar-refractivity contribution >= 4 is 17.3 Å². The Morgan fingerprint density at radius 3 is 2.84 bits per heavy atom. The molecule has 1 heterocycles. The van der Waals surface area contributed by atoms with E-state index < -0.39 is 0 Å². The number of nitrogens with zero attached hydrogens (tertiary/aromatic N) is 2. The van der Waals surface area contributed by atoms with Gasteiger partial charge in [-0.2, -0.15) is 0 Å². The van der Waals surface area contributed by atoms with Gasteiger partial charge in [-0.25, -0.2) is 0 Å². The molecule has 0 aliphatic carbocycles. The Labute approximate surface area is 121 Å². The molecule has 1 fully saturated rings. The molecule has 2 rings (SSSR count). The second kappa shape index (κ2) is 6.60. The van der Waals surface area contributed by atoms with Gasteiger partial charge < -0.3 is 15.1 Å². The molecule has 1 N–H and O–H groups in total. The summed E-state index contributed by atoms with van der Waals surface area (Å²) < 4.78 is 0. The third-order valence-corrected chi connectivity index (χ3v) is 4.14. The summed E-state index contributed by atoms with van der Waals surface area (Å²) in [6, 6.07) is 6.76. The van der Waals surface area contributed by atoms with Gasteiger partial charge in [0.05, 0.1) is 0 Å². The molecule has 1 unspecified atom stereocenters. The average molecular weight is 282 g/mol. The van der Waals surface area contributed by atoms with Gasteiger partial charge in [-0.3, -0.25) is 0 Å². The first-order chi connectivity index (χ1) is 9.13. The minimum absolute atomic E-state index is 0.526. The number of hydrogen-bond donors (Lipinski definition) is 1. The summed E-state index contributed by atoms with van der Waals surface area (Å²) >= 11 is 6.38. The van der Waals surface area contributed by atoms with Gasteiger partial charge in [0.25, 0.3) is 0 Å². The van der Waals surface area contributed by atoms with E-state index in [1.807, 2.05) is 6.07 Å². The molecule has 1 saturated heterocycles. The molecule has 0 bridgehead atoms. The number of piperazine rings is 1. The van der Waals surface area contributed by atoms with Gasteiger partial charge in [0.1, 0.15) is 0 Å². The minimum Gasteiger partial charge on any atom is -0.366 e. The highest BCUT2D eigenvalue weighted by Gasteiger charge is 2.24. The van der Waals surface area contributed by atoms with E-state index in [0.29, 0.717) is 6.04 Å². The second-order valence-corrected chi connectivity index (χ2v) is 5.73. The van der Waals surface area contributed by atoms with Gasteiger partial charge >= 0.3 is 0 Å². The van der Waals surface area contributed by atoms with Crippen LogP contribution in [0.1, 0.15) is 19.4 Å². The zero-order valence-corrected chi connectivity index (χ0v) is 12.9. The molecule has 1 aromatic carbocycles. The lowest BCUT2D eigenvalue weighted by Gasteiger charge is -2.40. The standard InChI is InChI=1S/C15H24ClN3/c1-4-17-10-13-14(16)6-5-7-15(13)19-9-8-18(3)11-12(19)2/h5-7,12,17H,4,8-11H2,1-3H3. The minimum atomic E-state index is 0.526. The molecule has 1 aliphatic heterocycles. The number of likely N-dealkylation sites (N-methyl/N-ethyl adjacent to an activating group) is 1. The summed E-state index contributed by atoms with van der Waals surface area (Å²) in [5.74, 6) is 0. The van der Waals surface area contributed by atoms with Crippen LogP contribution >= 0.6 is 11.6 Å². The van der Waals surface area contributed by atoms with Gasteiger partial charge in [0.2, 0.25) is 0 Å². The maximum atomic E-state index is 6.38. The van der Waals surface area contributed by atoms with Crippen LogP contribution in [-0.2, 0) is 6.54 Å². The Balaban J connectivity index is 2.25. The van der Waals surface area contributed by atoms with Crippen LogP contribution in [0.2, 0.25) is 5.02 Å². The molecule has 0 radical (unpaired) electrons. The summed E-state index contributed by atoms with van der Waals surface area (Å²) in [5.41, 5.74) is 2.51. The first-order valence-electron chi connectivity index (χ1n) is 7.06. The molecule has 19 heavy (non-hydrogen) atoms. The molecule has 0 saturated carbocycles. The molecular weight excluding hydrogens is 258 g/mol. The Bertz CT molecular complexity index is 422. The lowest BCUT2D eigenvalue weighted by molar-refractivity contribution is 0.275. The lowest BCUT2D eigenvalue weighted by Crippen LogP contribution is -2.50. The van der Waals surface area contributed by atoms with Gasteiger partial charge in [0.15, 0.2) is 0 Å². The highest BCUT2D eigenvalue weighted by molar-refractivity contribution is 6.31. The molecule has 0 amide bonds. The molecule has 1 atom stereocenters. The molecule has 1 aliphatic rings. The van der Waals surface area contributed by atoms with E-state index in [1.165, 1.54) is 11.3 Å². The number of anilines is 1. The molecule has 3 nitrogen and oxygen atoms in total. The summed E-state index contributed by atoms with van der Waals surface area (Å²) in [4.78, 5) is 4.87. The number of halogens is 1. The van der Waals surface area contributed by atoms with Gasteiger partial charge in [-0.15, -0.1) is 0 Å². The van der Waals surface area contributed by atoms with Crippen LogP contribution < -0.4 is 10.2 Å². The second-order valence-electron chi connectivity index (χ2n) is 5.32. The lowest BCUT2D eigenvalue weighted by atomic mass is 10.1. The summed E-state index contributed by atoms with van der Waals surface area (Å²) in [6.45, 7) is 9.48. The van der Waals surface area contributed by atoms with E-state index in [0.717, 1.165) is 37.7 Å².